The highest BCUT2D eigenvalue weighted by atomic mass is 32.2. The van der Waals surface area contributed by atoms with Crippen LogP contribution in [-0.4, -0.2) is 79.3 Å². The molecule has 192 valence electrons. The molecule has 0 radical (unpaired) electrons. The van der Waals surface area contributed by atoms with Crippen LogP contribution < -0.4 is 4.90 Å². The van der Waals surface area contributed by atoms with Gasteiger partial charge < -0.3 is 14.7 Å². The summed E-state index contributed by atoms with van der Waals surface area (Å²) in [7, 11) is -3.81. The summed E-state index contributed by atoms with van der Waals surface area (Å²) in [5.41, 5.74) is -0.0492. The van der Waals surface area contributed by atoms with Gasteiger partial charge in [-0.2, -0.15) is 4.31 Å². The summed E-state index contributed by atoms with van der Waals surface area (Å²) >= 11 is 0. The molecule has 3 fully saturated rings. The third kappa shape index (κ3) is 4.48. The first kappa shape index (κ1) is 24.7. The maximum absolute atomic E-state index is 13.9. The van der Waals surface area contributed by atoms with E-state index >= 15 is 0 Å². The van der Waals surface area contributed by atoms with Crippen LogP contribution >= 0.6 is 0 Å². The third-order valence-corrected chi connectivity index (χ3v) is 9.53. The summed E-state index contributed by atoms with van der Waals surface area (Å²) in [6, 6.07) is 14.4. The van der Waals surface area contributed by atoms with E-state index in [1.807, 2.05) is 40.1 Å². The average Bonchev–Trinajstić information content (AvgIpc) is 3.16. The molecule has 0 bridgehead atoms. The molecule has 2 aromatic rings. The number of carbonyl (C=O) groups is 2. The number of rotatable bonds is 5. The lowest BCUT2D eigenvalue weighted by Gasteiger charge is -2.42. The smallest absolute Gasteiger partial charge is 0.250 e. The highest BCUT2D eigenvalue weighted by Gasteiger charge is 2.55. The summed E-state index contributed by atoms with van der Waals surface area (Å²) in [5.74, 6) is -0.666. The number of para-hydroxylation sites is 1. The molecule has 3 saturated heterocycles. The summed E-state index contributed by atoms with van der Waals surface area (Å²) in [5, 5.41) is 0. The highest BCUT2D eigenvalue weighted by Crippen LogP contribution is 2.40. The number of hydrogen-bond acceptors (Lipinski definition) is 5. The Balaban J connectivity index is 1.37. The van der Waals surface area contributed by atoms with Crippen molar-refractivity contribution in [2.24, 2.45) is 0 Å². The van der Waals surface area contributed by atoms with Crippen LogP contribution in [0, 0.1) is 5.82 Å². The Morgan fingerprint density at radius 3 is 2.17 bits per heavy atom. The van der Waals surface area contributed by atoms with Crippen LogP contribution in [0.1, 0.15) is 32.1 Å². The second-order valence-electron chi connectivity index (χ2n) is 9.74. The van der Waals surface area contributed by atoms with E-state index in [1.54, 1.807) is 4.90 Å². The Kier molecular flexibility index (Phi) is 6.74. The molecular weight excluding hydrogens is 483 g/mol. The molecule has 2 amide bonds. The molecule has 3 aliphatic heterocycles. The summed E-state index contributed by atoms with van der Waals surface area (Å²) in [6.45, 7) is 2.08. The van der Waals surface area contributed by atoms with Gasteiger partial charge in [-0.1, -0.05) is 18.2 Å². The lowest BCUT2D eigenvalue weighted by molar-refractivity contribution is -0.141. The molecule has 8 nitrogen and oxygen atoms in total. The van der Waals surface area contributed by atoms with E-state index in [0.29, 0.717) is 12.8 Å². The molecule has 2 aromatic carbocycles. The quantitative estimate of drug-likeness (QED) is 0.613. The lowest BCUT2D eigenvalue weighted by Crippen LogP contribution is -2.57. The van der Waals surface area contributed by atoms with Gasteiger partial charge in [0.05, 0.1) is 11.6 Å². The van der Waals surface area contributed by atoms with Crippen molar-refractivity contribution in [2.75, 3.05) is 44.3 Å². The van der Waals surface area contributed by atoms with E-state index in [2.05, 4.69) is 0 Å². The van der Waals surface area contributed by atoms with Crippen molar-refractivity contribution in [3.8, 4) is 0 Å². The fourth-order valence-electron chi connectivity index (χ4n) is 5.58. The van der Waals surface area contributed by atoms with Crippen LogP contribution in [-0.2, 0) is 19.6 Å². The van der Waals surface area contributed by atoms with Gasteiger partial charge in [-0.3, -0.25) is 9.59 Å². The van der Waals surface area contributed by atoms with Gasteiger partial charge >= 0.3 is 0 Å². The van der Waals surface area contributed by atoms with Gasteiger partial charge in [-0.05, 0) is 68.5 Å². The minimum atomic E-state index is -3.81. The Morgan fingerprint density at radius 1 is 0.889 bits per heavy atom. The minimum absolute atomic E-state index is 0.0293. The molecule has 0 saturated carbocycles. The standard InChI is InChI=1S/C26H31FN4O4S/c27-21-9-11-23(12-10-21)36(34,35)30-17-13-26(14-18-30)25(33)29(19-24(32)28-15-5-2-6-16-28)20-31(26)22-7-3-1-4-8-22/h1,3-4,7-12H,2,5-6,13-20H2. The van der Waals surface area contributed by atoms with Crippen LogP contribution in [0.5, 0.6) is 0 Å². The summed E-state index contributed by atoms with van der Waals surface area (Å²) in [4.78, 5) is 32.4. The normalized spacial score (nSPS) is 20.8. The SMILES string of the molecule is O=C(CN1CN(c2ccccc2)C2(CCN(S(=O)(=O)c3ccc(F)cc3)CC2)C1=O)N1CCCCC1. The Morgan fingerprint density at radius 2 is 1.53 bits per heavy atom. The molecular formula is C26H31FN4O4S. The van der Waals surface area contributed by atoms with Crippen LogP contribution in [0.25, 0.3) is 0 Å². The molecule has 3 heterocycles. The first-order valence-electron chi connectivity index (χ1n) is 12.5. The Labute approximate surface area is 211 Å². The zero-order valence-corrected chi connectivity index (χ0v) is 21.0. The number of sulfonamides is 1. The van der Waals surface area contributed by atoms with Crippen LogP contribution in [0.4, 0.5) is 10.1 Å². The minimum Gasteiger partial charge on any atom is -0.341 e. The summed E-state index contributed by atoms with van der Waals surface area (Å²) < 4.78 is 41.0. The molecule has 0 unspecified atom stereocenters. The van der Waals surface area contributed by atoms with Gasteiger partial charge in [0.25, 0.3) is 0 Å². The maximum Gasteiger partial charge on any atom is 0.250 e. The summed E-state index contributed by atoms with van der Waals surface area (Å²) in [6.07, 6.45) is 3.69. The van der Waals surface area contributed by atoms with Crippen molar-refractivity contribution >= 4 is 27.5 Å². The number of amides is 2. The van der Waals surface area contributed by atoms with Crippen molar-refractivity contribution in [2.45, 2.75) is 42.5 Å². The third-order valence-electron chi connectivity index (χ3n) is 7.62. The Bertz CT molecular complexity index is 1210. The Hall–Kier alpha value is -2.98. The van der Waals surface area contributed by atoms with Gasteiger partial charge in [-0.25, -0.2) is 12.8 Å². The molecule has 0 atom stereocenters. The number of halogens is 1. The van der Waals surface area contributed by atoms with E-state index in [4.69, 9.17) is 0 Å². The molecule has 0 N–H and O–H groups in total. The first-order chi connectivity index (χ1) is 17.3. The predicted octanol–water partition coefficient (Wildman–Crippen LogP) is 2.67. The molecule has 0 aromatic heterocycles. The number of benzene rings is 2. The van der Waals surface area contributed by atoms with Crippen LogP contribution in [0.15, 0.2) is 59.5 Å². The topological polar surface area (TPSA) is 81.2 Å². The van der Waals surface area contributed by atoms with Gasteiger partial charge in [0.2, 0.25) is 21.8 Å². The van der Waals surface area contributed by atoms with Gasteiger partial charge in [-0.15, -0.1) is 0 Å². The fraction of sp³-hybridized carbons (Fsp3) is 0.462. The zero-order valence-electron chi connectivity index (χ0n) is 20.2. The predicted molar refractivity (Wildman–Crippen MR) is 133 cm³/mol. The molecule has 10 heteroatoms. The number of nitrogens with zero attached hydrogens (tertiary/aromatic N) is 4. The van der Waals surface area contributed by atoms with Crippen molar-refractivity contribution < 1.29 is 22.4 Å². The first-order valence-corrected chi connectivity index (χ1v) is 13.9. The van der Waals surface area contributed by atoms with E-state index < -0.39 is 21.4 Å². The van der Waals surface area contributed by atoms with Gasteiger partial charge in [0, 0.05) is 31.9 Å². The largest absolute Gasteiger partial charge is 0.341 e. The van der Waals surface area contributed by atoms with Crippen molar-refractivity contribution in [3.63, 3.8) is 0 Å². The number of carbonyl (C=O) groups excluding carboxylic acids is 2. The van der Waals surface area contributed by atoms with Crippen molar-refractivity contribution in [1.29, 1.82) is 0 Å². The second kappa shape index (κ2) is 9.82. The van der Waals surface area contributed by atoms with E-state index in [0.717, 1.165) is 50.2 Å². The maximum atomic E-state index is 13.9. The zero-order chi connectivity index (χ0) is 25.3. The van der Waals surface area contributed by atoms with Crippen LogP contribution in [0.2, 0.25) is 0 Å². The lowest BCUT2D eigenvalue weighted by atomic mass is 9.86. The van der Waals surface area contributed by atoms with Crippen molar-refractivity contribution in [3.05, 3.63) is 60.4 Å². The molecule has 0 aliphatic carbocycles. The van der Waals surface area contributed by atoms with Crippen molar-refractivity contribution in [1.82, 2.24) is 14.1 Å². The monoisotopic (exact) mass is 514 g/mol. The molecule has 1 spiro atoms. The molecule has 3 aliphatic rings. The number of hydrogen-bond donors (Lipinski definition) is 0. The molecule has 5 rings (SSSR count). The highest BCUT2D eigenvalue weighted by molar-refractivity contribution is 7.89. The van der Waals surface area contributed by atoms with E-state index in [-0.39, 0.29) is 43.0 Å². The van der Waals surface area contributed by atoms with Gasteiger partial charge in [0.15, 0.2) is 0 Å². The van der Waals surface area contributed by atoms with Gasteiger partial charge in [0.1, 0.15) is 17.9 Å². The average molecular weight is 515 g/mol. The molecule has 36 heavy (non-hydrogen) atoms. The number of piperidine rings is 2. The number of anilines is 1. The second-order valence-corrected chi connectivity index (χ2v) is 11.7. The van der Waals surface area contributed by atoms with E-state index in [1.165, 1.54) is 16.4 Å². The van der Waals surface area contributed by atoms with Crippen LogP contribution in [0.3, 0.4) is 0 Å². The fourth-order valence-corrected chi connectivity index (χ4v) is 7.02. The number of likely N-dealkylation sites (tertiary alicyclic amines) is 1. The van der Waals surface area contributed by atoms with E-state index in [9.17, 15) is 22.4 Å².